The molecular formula is C14H22FN3O. The second-order valence-corrected chi connectivity index (χ2v) is 4.96. The molecule has 3 N–H and O–H groups in total. The maximum atomic E-state index is 13.3. The molecule has 1 aliphatic heterocycles. The molecule has 0 saturated carbocycles. The third kappa shape index (κ3) is 3.58. The molecule has 0 bridgehead atoms. The minimum absolute atomic E-state index is 0.151. The number of nitrogen functional groups attached to an aromatic ring is 1. The molecule has 0 radical (unpaired) electrons. The van der Waals surface area contributed by atoms with Crippen LogP contribution in [-0.2, 0) is 4.74 Å². The normalized spacial score (nSPS) is 20.5. The number of nitrogens with zero attached hydrogens (tertiary/aromatic N) is 1. The molecule has 1 heterocycles. The second-order valence-electron chi connectivity index (χ2n) is 4.96. The molecule has 1 aliphatic rings. The summed E-state index contributed by atoms with van der Waals surface area (Å²) in [7, 11) is 0. The van der Waals surface area contributed by atoms with Gasteiger partial charge >= 0.3 is 0 Å². The van der Waals surface area contributed by atoms with Gasteiger partial charge in [-0.05, 0) is 31.2 Å². The Labute approximate surface area is 113 Å². The van der Waals surface area contributed by atoms with E-state index in [4.69, 9.17) is 10.5 Å². The number of benzene rings is 1. The average molecular weight is 267 g/mol. The molecule has 0 aromatic heterocycles. The minimum atomic E-state index is -0.269. The highest BCUT2D eigenvalue weighted by atomic mass is 19.1. The van der Waals surface area contributed by atoms with Crippen molar-refractivity contribution in [3.05, 3.63) is 23.5 Å². The van der Waals surface area contributed by atoms with Crippen molar-refractivity contribution in [2.24, 2.45) is 0 Å². The number of likely N-dealkylation sites (N-methyl/N-ethyl adjacent to an activating group) is 1. The van der Waals surface area contributed by atoms with Gasteiger partial charge in [-0.15, -0.1) is 0 Å². The lowest BCUT2D eigenvalue weighted by atomic mass is 10.1. The quantitative estimate of drug-likeness (QED) is 0.817. The third-order valence-corrected chi connectivity index (χ3v) is 3.52. The average Bonchev–Trinajstić information content (AvgIpc) is 2.41. The van der Waals surface area contributed by atoms with Gasteiger partial charge in [0.1, 0.15) is 5.82 Å². The molecule has 1 saturated heterocycles. The van der Waals surface area contributed by atoms with Gasteiger partial charge in [0.2, 0.25) is 0 Å². The maximum Gasteiger partial charge on any atom is 0.128 e. The number of ether oxygens (including phenoxy) is 1. The minimum Gasteiger partial charge on any atom is -0.397 e. The van der Waals surface area contributed by atoms with Crippen molar-refractivity contribution in [2.45, 2.75) is 20.0 Å². The molecule has 0 spiro atoms. The van der Waals surface area contributed by atoms with Gasteiger partial charge in [-0.2, -0.15) is 0 Å². The Kier molecular flexibility index (Phi) is 4.61. The second kappa shape index (κ2) is 6.21. The molecule has 1 unspecified atom stereocenters. The summed E-state index contributed by atoms with van der Waals surface area (Å²) in [6.07, 6.45) is 0.151. The first-order valence-corrected chi connectivity index (χ1v) is 6.73. The predicted molar refractivity (Wildman–Crippen MR) is 75.9 cm³/mol. The van der Waals surface area contributed by atoms with Crippen molar-refractivity contribution in [3.63, 3.8) is 0 Å². The fourth-order valence-corrected chi connectivity index (χ4v) is 2.26. The summed E-state index contributed by atoms with van der Waals surface area (Å²) in [6.45, 7) is 8.28. The van der Waals surface area contributed by atoms with Crippen LogP contribution < -0.4 is 11.1 Å². The molecule has 5 heteroatoms. The van der Waals surface area contributed by atoms with Gasteiger partial charge in [0.05, 0.1) is 24.1 Å². The van der Waals surface area contributed by atoms with Gasteiger partial charge in [-0.3, -0.25) is 4.90 Å². The number of aryl methyl sites for hydroxylation is 1. The van der Waals surface area contributed by atoms with Gasteiger partial charge in [0, 0.05) is 19.6 Å². The molecule has 4 nitrogen and oxygen atoms in total. The smallest absolute Gasteiger partial charge is 0.128 e. The molecule has 0 amide bonds. The Hall–Kier alpha value is -1.33. The highest BCUT2D eigenvalue weighted by Gasteiger charge is 2.19. The standard InChI is InChI=1S/C14H22FN3O/c1-3-18-4-5-19-11(9-18)8-17-14-6-10(2)12(15)7-13(14)16/h6-7,11,17H,3-5,8-9,16H2,1-2H3. The van der Waals surface area contributed by atoms with Crippen molar-refractivity contribution in [1.82, 2.24) is 4.90 Å². The predicted octanol–water partition coefficient (Wildman–Crippen LogP) is 1.85. The van der Waals surface area contributed by atoms with Crippen LogP contribution >= 0.6 is 0 Å². The number of morpholine rings is 1. The highest BCUT2D eigenvalue weighted by molar-refractivity contribution is 5.67. The van der Waals surface area contributed by atoms with Gasteiger partial charge in [0.25, 0.3) is 0 Å². The van der Waals surface area contributed by atoms with E-state index in [0.29, 0.717) is 17.8 Å². The maximum absolute atomic E-state index is 13.3. The van der Waals surface area contributed by atoms with E-state index >= 15 is 0 Å². The molecular weight excluding hydrogens is 245 g/mol. The molecule has 1 aromatic rings. The van der Waals surface area contributed by atoms with Crippen molar-refractivity contribution >= 4 is 11.4 Å². The van der Waals surface area contributed by atoms with Crippen molar-refractivity contribution in [2.75, 3.05) is 43.8 Å². The van der Waals surface area contributed by atoms with Crippen LogP contribution in [-0.4, -0.2) is 43.8 Å². The summed E-state index contributed by atoms with van der Waals surface area (Å²) in [5.41, 5.74) is 7.61. The summed E-state index contributed by atoms with van der Waals surface area (Å²) in [5.74, 6) is -0.269. The molecule has 2 rings (SSSR count). The van der Waals surface area contributed by atoms with E-state index in [-0.39, 0.29) is 11.9 Å². The van der Waals surface area contributed by atoms with Crippen LogP contribution in [0.5, 0.6) is 0 Å². The summed E-state index contributed by atoms with van der Waals surface area (Å²) < 4.78 is 19.0. The zero-order valence-electron chi connectivity index (χ0n) is 11.6. The Morgan fingerprint density at radius 3 is 3.05 bits per heavy atom. The van der Waals surface area contributed by atoms with E-state index in [1.807, 2.05) is 0 Å². The molecule has 19 heavy (non-hydrogen) atoms. The zero-order chi connectivity index (χ0) is 13.8. The summed E-state index contributed by atoms with van der Waals surface area (Å²) in [6, 6.07) is 3.10. The number of anilines is 2. The fraction of sp³-hybridized carbons (Fsp3) is 0.571. The Morgan fingerprint density at radius 2 is 2.32 bits per heavy atom. The fourth-order valence-electron chi connectivity index (χ4n) is 2.26. The largest absolute Gasteiger partial charge is 0.397 e. The molecule has 1 atom stereocenters. The number of hydrogen-bond donors (Lipinski definition) is 2. The Morgan fingerprint density at radius 1 is 1.53 bits per heavy atom. The number of rotatable bonds is 4. The van der Waals surface area contributed by atoms with Crippen LogP contribution in [0, 0.1) is 12.7 Å². The van der Waals surface area contributed by atoms with Gasteiger partial charge < -0.3 is 15.8 Å². The first kappa shape index (κ1) is 14.1. The lowest BCUT2D eigenvalue weighted by molar-refractivity contribution is -0.0191. The van der Waals surface area contributed by atoms with E-state index in [9.17, 15) is 4.39 Å². The van der Waals surface area contributed by atoms with E-state index < -0.39 is 0 Å². The Bertz CT molecular complexity index is 439. The van der Waals surface area contributed by atoms with Crippen molar-refractivity contribution in [1.29, 1.82) is 0 Å². The zero-order valence-corrected chi connectivity index (χ0v) is 11.6. The van der Waals surface area contributed by atoms with Crippen LogP contribution in [0.4, 0.5) is 15.8 Å². The lowest BCUT2D eigenvalue weighted by Crippen LogP contribution is -2.45. The monoisotopic (exact) mass is 267 g/mol. The van der Waals surface area contributed by atoms with Crippen LogP contribution in [0.1, 0.15) is 12.5 Å². The molecule has 1 fully saturated rings. The van der Waals surface area contributed by atoms with E-state index in [1.165, 1.54) is 6.07 Å². The Balaban J connectivity index is 1.93. The van der Waals surface area contributed by atoms with Gasteiger partial charge in [-0.1, -0.05) is 6.92 Å². The number of nitrogens with two attached hydrogens (primary N) is 1. The molecule has 0 aliphatic carbocycles. The lowest BCUT2D eigenvalue weighted by Gasteiger charge is -2.32. The number of hydrogen-bond acceptors (Lipinski definition) is 4. The summed E-state index contributed by atoms with van der Waals surface area (Å²) in [5, 5.41) is 3.25. The van der Waals surface area contributed by atoms with Crippen LogP contribution in [0.3, 0.4) is 0 Å². The number of nitrogens with one attached hydrogen (secondary N) is 1. The van der Waals surface area contributed by atoms with Crippen LogP contribution in [0.25, 0.3) is 0 Å². The molecule has 106 valence electrons. The summed E-state index contributed by atoms with van der Waals surface area (Å²) >= 11 is 0. The van der Waals surface area contributed by atoms with Crippen molar-refractivity contribution in [3.8, 4) is 0 Å². The van der Waals surface area contributed by atoms with E-state index in [2.05, 4.69) is 17.1 Å². The van der Waals surface area contributed by atoms with E-state index in [1.54, 1.807) is 13.0 Å². The van der Waals surface area contributed by atoms with Crippen LogP contribution in [0.15, 0.2) is 12.1 Å². The van der Waals surface area contributed by atoms with E-state index in [0.717, 1.165) is 31.9 Å². The van der Waals surface area contributed by atoms with Crippen LogP contribution in [0.2, 0.25) is 0 Å². The molecule has 1 aromatic carbocycles. The number of halogens is 1. The van der Waals surface area contributed by atoms with Gasteiger partial charge in [0.15, 0.2) is 0 Å². The van der Waals surface area contributed by atoms with Crippen molar-refractivity contribution < 1.29 is 9.13 Å². The highest BCUT2D eigenvalue weighted by Crippen LogP contribution is 2.22. The summed E-state index contributed by atoms with van der Waals surface area (Å²) in [4.78, 5) is 2.36. The first-order valence-electron chi connectivity index (χ1n) is 6.73. The van der Waals surface area contributed by atoms with Gasteiger partial charge in [-0.25, -0.2) is 4.39 Å². The topological polar surface area (TPSA) is 50.5 Å². The first-order chi connectivity index (χ1) is 9.10. The third-order valence-electron chi connectivity index (χ3n) is 3.52. The SMILES string of the molecule is CCN1CCOC(CNc2cc(C)c(F)cc2N)C1.